The normalized spacial score (nSPS) is 21.6. The average molecular weight is 247 g/mol. The van der Waals surface area contributed by atoms with E-state index in [1.165, 1.54) is 0 Å². The third kappa shape index (κ3) is 2.85. The van der Waals surface area contributed by atoms with Crippen molar-refractivity contribution >= 4 is 5.69 Å². The lowest BCUT2D eigenvalue weighted by Crippen LogP contribution is -2.38. The predicted molar refractivity (Wildman–Crippen MR) is 54.5 cm³/mol. The highest BCUT2D eigenvalue weighted by Gasteiger charge is 2.34. The average Bonchev–Trinajstić information content (AvgIpc) is 2.28. The fraction of sp³-hybridized carbons (Fsp3) is 0.600. The maximum absolute atomic E-state index is 12.2. The predicted octanol–water partition coefficient (Wildman–Crippen LogP) is 1.46. The summed E-state index contributed by atoms with van der Waals surface area (Å²) in [7, 11) is 0. The Morgan fingerprint density at radius 2 is 1.94 bits per heavy atom. The molecule has 1 aromatic heterocycles. The van der Waals surface area contributed by atoms with E-state index >= 15 is 0 Å². The Morgan fingerprint density at radius 1 is 1.29 bits per heavy atom. The van der Waals surface area contributed by atoms with Crippen molar-refractivity contribution in [3.63, 3.8) is 0 Å². The fourth-order valence-corrected chi connectivity index (χ4v) is 1.82. The van der Waals surface area contributed by atoms with Gasteiger partial charge in [-0.1, -0.05) is 0 Å². The van der Waals surface area contributed by atoms with Crippen molar-refractivity contribution in [3.05, 3.63) is 18.2 Å². The summed E-state index contributed by atoms with van der Waals surface area (Å²) in [6.45, 7) is 1.11. The van der Waals surface area contributed by atoms with Crippen LogP contribution in [0.15, 0.2) is 12.4 Å². The number of hydrogen-bond acceptors (Lipinski definition) is 4. The zero-order chi connectivity index (χ0) is 12.5. The highest BCUT2D eigenvalue weighted by atomic mass is 19.4. The van der Waals surface area contributed by atoms with Crippen LogP contribution in [0.25, 0.3) is 0 Å². The van der Waals surface area contributed by atoms with Gasteiger partial charge in [-0.25, -0.2) is 9.97 Å². The molecular weight excluding hydrogens is 235 g/mol. The number of aliphatic hydroxyl groups is 1. The van der Waals surface area contributed by atoms with Crippen LogP contribution in [0.2, 0.25) is 0 Å². The third-order valence-electron chi connectivity index (χ3n) is 2.65. The first-order valence-corrected chi connectivity index (χ1v) is 5.29. The van der Waals surface area contributed by atoms with Gasteiger partial charge >= 0.3 is 6.18 Å². The van der Waals surface area contributed by atoms with Crippen LogP contribution in [-0.4, -0.2) is 34.3 Å². The first-order valence-electron chi connectivity index (χ1n) is 5.29. The molecule has 2 rings (SSSR count). The number of piperidine rings is 1. The van der Waals surface area contributed by atoms with Crippen LogP contribution in [0.3, 0.4) is 0 Å². The smallest absolute Gasteiger partial charge is 0.391 e. The van der Waals surface area contributed by atoms with Crippen LogP contribution in [0, 0.1) is 0 Å². The molecule has 0 aromatic carbocycles. The van der Waals surface area contributed by atoms with E-state index in [0.717, 1.165) is 25.2 Å². The van der Waals surface area contributed by atoms with Crippen molar-refractivity contribution < 1.29 is 18.3 Å². The van der Waals surface area contributed by atoms with Crippen molar-refractivity contribution in [3.8, 4) is 0 Å². The van der Waals surface area contributed by atoms with Gasteiger partial charge in [0.25, 0.3) is 0 Å². The van der Waals surface area contributed by atoms with Crippen LogP contribution in [0.1, 0.15) is 18.7 Å². The van der Waals surface area contributed by atoms with E-state index in [0.29, 0.717) is 18.8 Å². The summed E-state index contributed by atoms with van der Waals surface area (Å²) in [6, 6.07) is 0. The van der Waals surface area contributed by atoms with Gasteiger partial charge < -0.3 is 10.0 Å². The number of hydrogen-bond donors (Lipinski definition) is 1. The highest BCUT2D eigenvalue weighted by molar-refractivity contribution is 5.42. The van der Waals surface area contributed by atoms with Crippen molar-refractivity contribution in [1.29, 1.82) is 0 Å². The summed E-state index contributed by atoms with van der Waals surface area (Å²) in [6.07, 6.45) is -1.13. The molecule has 1 saturated heterocycles. The van der Waals surface area contributed by atoms with Gasteiger partial charge in [-0.05, 0) is 12.8 Å². The lowest BCUT2D eigenvalue weighted by molar-refractivity contribution is -0.144. The van der Waals surface area contributed by atoms with Crippen LogP contribution in [0.5, 0.6) is 0 Å². The molecule has 94 valence electrons. The zero-order valence-electron chi connectivity index (χ0n) is 8.98. The summed E-state index contributed by atoms with van der Waals surface area (Å²) in [4.78, 5) is 8.37. The Hall–Kier alpha value is -1.37. The van der Waals surface area contributed by atoms with Gasteiger partial charge in [-0.15, -0.1) is 0 Å². The largest absolute Gasteiger partial charge is 0.451 e. The molecule has 0 bridgehead atoms. The topological polar surface area (TPSA) is 49.2 Å². The molecule has 0 saturated carbocycles. The van der Waals surface area contributed by atoms with Gasteiger partial charge in [-0.3, -0.25) is 0 Å². The summed E-state index contributed by atoms with van der Waals surface area (Å²) in [5.74, 6) is -1.14. The van der Waals surface area contributed by atoms with Gasteiger partial charge in [0.05, 0.1) is 24.2 Å². The Kier molecular flexibility index (Phi) is 3.19. The maximum Gasteiger partial charge on any atom is 0.451 e. The lowest BCUT2D eigenvalue weighted by atomic mass is 10.1. The third-order valence-corrected chi connectivity index (χ3v) is 2.65. The molecule has 0 spiro atoms. The molecule has 0 radical (unpaired) electrons. The van der Waals surface area contributed by atoms with Crippen LogP contribution >= 0.6 is 0 Å². The minimum Gasteiger partial charge on any atom is -0.391 e. The van der Waals surface area contributed by atoms with Crippen molar-refractivity contribution in [2.75, 3.05) is 18.0 Å². The number of rotatable bonds is 1. The molecule has 2 heterocycles. The molecule has 1 aliphatic heterocycles. The molecule has 4 nitrogen and oxygen atoms in total. The molecule has 1 aliphatic rings. The molecular formula is C10H12F3N3O. The minimum absolute atomic E-state index is 0.411. The quantitative estimate of drug-likeness (QED) is 0.816. The molecule has 1 N–H and O–H groups in total. The molecule has 1 unspecified atom stereocenters. The van der Waals surface area contributed by atoms with Gasteiger partial charge in [0.15, 0.2) is 0 Å². The van der Waals surface area contributed by atoms with E-state index < -0.39 is 18.1 Å². The minimum atomic E-state index is -4.51. The molecule has 1 aromatic rings. The van der Waals surface area contributed by atoms with E-state index in [-0.39, 0.29) is 0 Å². The molecule has 17 heavy (non-hydrogen) atoms. The number of β-amino-alcohol motifs (C(OH)–C–C–N with tert-alkyl or cyclic N) is 1. The van der Waals surface area contributed by atoms with Crippen molar-refractivity contribution in [1.82, 2.24) is 9.97 Å². The Bertz CT molecular complexity index is 379. The zero-order valence-corrected chi connectivity index (χ0v) is 8.98. The van der Waals surface area contributed by atoms with Crippen LogP contribution in [0.4, 0.5) is 18.9 Å². The number of alkyl halides is 3. The number of aromatic nitrogens is 2. The lowest BCUT2D eigenvalue weighted by Gasteiger charge is -2.31. The van der Waals surface area contributed by atoms with E-state index in [1.54, 1.807) is 4.90 Å². The summed E-state index contributed by atoms with van der Waals surface area (Å²) in [5.41, 5.74) is 0.511. The number of nitrogens with zero attached hydrogens (tertiary/aromatic N) is 3. The second kappa shape index (κ2) is 4.48. The van der Waals surface area contributed by atoms with Gasteiger partial charge in [0.2, 0.25) is 5.82 Å². The number of aliphatic hydroxyl groups excluding tert-OH is 1. The van der Waals surface area contributed by atoms with Gasteiger partial charge in [0, 0.05) is 13.1 Å². The molecule has 1 fully saturated rings. The molecule has 7 heteroatoms. The van der Waals surface area contributed by atoms with E-state index in [1.807, 2.05) is 0 Å². The first-order chi connectivity index (χ1) is 7.97. The molecule has 0 amide bonds. The van der Waals surface area contributed by atoms with Crippen molar-refractivity contribution in [2.45, 2.75) is 25.1 Å². The monoisotopic (exact) mass is 247 g/mol. The van der Waals surface area contributed by atoms with Crippen molar-refractivity contribution in [2.24, 2.45) is 0 Å². The SMILES string of the molecule is OC1CCCN(c2cnc(C(F)(F)F)nc2)C1. The maximum atomic E-state index is 12.2. The van der Waals surface area contributed by atoms with E-state index in [2.05, 4.69) is 9.97 Å². The highest BCUT2D eigenvalue weighted by Crippen LogP contribution is 2.27. The standard InChI is InChI=1S/C10H12F3N3O/c11-10(12,13)9-14-4-7(5-15-9)16-3-1-2-8(17)6-16/h4-5,8,17H,1-3,6H2. The second-order valence-electron chi connectivity index (χ2n) is 4.00. The summed E-state index contributed by atoms with van der Waals surface area (Å²) >= 11 is 0. The molecule has 1 atom stereocenters. The van der Waals surface area contributed by atoms with Gasteiger partial charge in [0.1, 0.15) is 0 Å². The Labute approximate surface area is 96.1 Å². The second-order valence-corrected chi connectivity index (χ2v) is 4.00. The van der Waals surface area contributed by atoms with E-state index in [9.17, 15) is 18.3 Å². The van der Waals surface area contributed by atoms with Crippen LogP contribution < -0.4 is 4.90 Å². The first kappa shape index (κ1) is 12.1. The number of halogens is 3. The molecule has 0 aliphatic carbocycles. The summed E-state index contributed by atoms with van der Waals surface area (Å²) < 4.78 is 36.7. The Morgan fingerprint density at radius 3 is 2.47 bits per heavy atom. The summed E-state index contributed by atoms with van der Waals surface area (Å²) in [5, 5.41) is 9.46. The fourth-order valence-electron chi connectivity index (χ4n) is 1.82. The Balaban J connectivity index is 2.12. The van der Waals surface area contributed by atoms with Gasteiger partial charge in [-0.2, -0.15) is 13.2 Å². The van der Waals surface area contributed by atoms with E-state index in [4.69, 9.17) is 0 Å². The number of anilines is 1. The van der Waals surface area contributed by atoms with Crippen LogP contribution in [-0.2, 0) is 6.18 Å².